The maximum atomic E-state index is 14.1. The lowest BCUT2D eigenvalue weighted by Gasteiger charge is -2.42. The van der Waals surface area contributed by atoms with Crippen molar-refractivity contribution in [3.05, 3.63) is 108 Å². The molecule has 0 bridgehead atoms. The van der Waals surface area contributed by atoms with Crippen molar-refractivity contribution >= 4 is 40.5 Å². The van der Waals surface area contributed by atoms with Gasteiger partial charge >= 0.3 is 23.9 Å². The molecule has 0 saturated heterocycles. The topological polar surface area (TPSA) is 164 Å². The summed E-state index contributed by atoms with van der Waals surface area (Å²) in [5.41, 5.74) is 2.43. The number of cyclic esters (lactones) is 2. The van der Waals surface area contributed by atoms with Crippen LogP contribution in [-0.2, 0) is 45.8 Å². The van der Waals surface area contributed by atoms with Crippen LogP contribution in [0.15, 0.2) is 86.0 Å². The predicted molar refractivity (Wildman–Crippen MR) is 291 cm³/mol. The lowest BCUT2D eigenvalue weighted by Crippen LogP contribution is -2.46. The molecule has 2 aromatic rings. The van der Waals surface area contributed by atoms with Crippen molar-refractivity contribution in [3.8, 4) is 11.5 Å². The van der Waals surface area contributed by atoms with E-state index in [2.05, 4.69) is 87.8 Å². The minimum Gasteiger partial charge on any atom is -0.543 e. The van der Waals surface area contributed by atoms with Gasteiger partial charge in [0.2, 0.25) is 0 Å². The van der Waals surface area contributed by atoms with Gasteiger partial charge in [-0.25, -0.2) is 19.2 Å². The standard InChI is InChI=1S/C35H58O6Si2.C23H30O6/c1-13-24-38-31(36)23-17-21-28-25-30(41-43(11,12)35(6,7)8)26(2)18-14-15-19-27-20-16-22-29(32(27)33(37)39-28)40-42(9,10)34(3,4)5;1-3-14-28-21(26)13-7-11-18-15-20(25)16(2)8-4-5-9-17-10-6-12-19(24)22(17)23(27)29-18/h13,16-17,20,22-23,26,28,30H,1,14-15,18-19,21,24-25H2,2-12H3;3,6-7,10,12-13,16,18,20,24-25H,1,4-5,8-9,11,14-15H2,2H3/b23-17+;13-7+/t26-,28?,30+;16-,18?,20+/m00/s1. The van der Waals surface area contributed by atoms with E-state index in [0.29, 0.717) is 36.5 Å². The molecule has 0 saturated carbocycles. The smallest absolute Gasteiger partial charge is 0.342 e. The second-order valence-electron chi connectivity index (χ2n) is 22.5. The van der Waals surface area contributed by atoms with E-state index in [1.807, 2.05) is 31.2 Å². The number of phenols is 1. The van der Waals surface area contributed by atoms with Gasteiger partial charge in [0.05, 0.1) is 12.2 Å². The first-order chi connectivity index (χ1) is 33.7. The number of rotatable bonds is 14. The molecular formula is C58H88O12Si2. The number of hydrogen-bond acceptors (Lipinski definition) is 12. The minimum atomic E-state index is -2.22. The molecule has 72 heavy (non-hydrogen) atoms. The van der Waals surface area contributed by atoms with Crippen LogP contribution < -0.4 is 4.43 Å². The highest BCUT2D eigenvalue weighted by atomic mass is 28.4. The van der Waals surface area contributed by atoms with Crippen LogP contribution in [0.3, 0.4) is 0 Å². The Morgan fingerprint density at radius 3 is 1.68 bits per heavy atom. The molecule has 4 rings (SSSR count). The van der Waals surface area contributed by atoms with Crippen molar-refractivity contribution in [2.24, 2.45) is 11.8 Å². The SMILES string of the molecule is C=CCOC(=O)/C=C/CC1C[C@@H](O)[C@@H](C)CCCCc2cccc(O)c2C(=O)O1.C=CCOC(=O)/C=C/CC1C[C@@H](O[Si](C)(C)C(C)(C)C)[C@@H](C)CCCCc2cccc(O[Si](C)(C)C(C)(C)C)c2C(=O)O1. The summed E-state index contributed by atoms with van der Waals surface area (Å²) < 4.78 is 35.7. The largest absolute Gasteiger partial charge is 0.543 e. The molecule has 0 spiro atoms. The number of benzene rings is 2. The monoisotopic (exact) mass is 1030 g/mol. The Morgan fingerprint density at radius 2 is 1.17 bits per heavy atom. The number of ether oxygens (including phenoxy) is 4. The molecule has 0 aromatic heterocycles. The van der Waals surface area contributed by atoms with Crippen molar-refractivity contribution in [2.45, 2.75) is 193 Å². The molecule has 0 aliphatic carbocycles. The van der Waals surface area contributed by atoms with Crippen molar-refractivity contribution in [1.29, 1.82) is 0 Å². The number of esters is 4. The van der Waals surface area contributed by atoms with E-state index in [1.165, 1.54) is 30.4 Å². The van der Waals surface area contributed by atoms with Gasteiger partial charge in [-0.05, 0) is 110 Å². The maximum Gasteiger partial charge on any atom is 0.342 e. The number of aryl methyl sites for hydroxylation is 2. The van der Waals surface area contributed by atoms with Crippen LogP contribution in [0, 0.1) is 11.8 Å². The van der Waals surface area contributed by atoms with E-state index in [0.717, 1.165) is 56.1 Å². The van der Waals surface area contributed by atoms with E-state index in [-0.39, 0.29) is 65.4 Å². The first kappa shape index (κ1) is 61.5. The molecule has 12 nitrogen and oxygen atoms in total. The average molecular weight is 1030 g/mol. The average Bonchev–Trinajstić information content (AvgIpc) is 3.28. The molecule has 2 heterocycles. The summed E-state index contributed by atoms with van der Waals surface area (Å²) >= 11 is 0. The second kappa shape index (κ2) is 28.6. The summed E-state index contributed by atoms with van der Waals surface area (Å²) in [5.74, 6) is -1.09. The zero-order chi connectivity index (χ0) is 53.9. The van der Waals surface area contributed by atoms with Gasteiger partial charge in [0.15, 0.2) is 8.32 Å². The third-order valence-corrected chi connectivity index (χ3v) is 23.5. The summed E-state index contributed by atoms with van der Waals surface area (Å²) in [6, 6.07) is 10.9. The van der Waals surface area contributed by atoms with Gasteiger partial charge in [0.25, 0.3) is 8.32 Å². The number of aliphatic hydroxyl groups is 1. The van der Waals surface area contributed by atoms with Crippen LogP contribution >= 0.6 is 0 Å². The Balaban J connectivity index is 0.000000410. The van der Waals surface area contributed by atoms with Crippen LogP contribution in [0.25, 0.3) is 0 Å². The van der Waals surface area contributed by atoms with Gasteiger partial charge in [-0.3, -0.25) is 0 Å². The molecule has 2 aliphatic heterocycles. The number of hydrogen-bond donors (Lipinski definition) is 2. The van der Waals surface area contributed by atoms with Crippen LogP contribution in [0.1, 0.15) is 151 Å². The van der Waals surface area contributed by atoms with Gasteiger partial charge in [0, 0.05) is 37.8 Å². The Bertz CT molecular complexity index is 2160. The third kappa shape index (κ3) is 19.6. The summed E-state index contributed by atoms with van der Waals surface area (Å²) in [4.78, 5) is 50.6. The molecule has 2 unspecified atom stereocenters. The summed E-state index contributed by atoms with van der Waals surface area (Å²) in [6.07, 6.45) is 15.7. The highest BCUT2D eigenvalue weighted by Gasteiger charge is 2.42. The molecule has 400 valence electrons. The number of fused-ring (bicyclic) bond motifs is 2. The number of carbonyl (C=O) groups is 4. The van der Waals surface area contributed by atoms with Gasteiger partial charge < -0.3 is 38.0 Å². The minimum absolute atomic E-state index is 0.0248. The summed E-state index contributed by atoms with van der Waals surface area (Å²) in [7, 11) is -4.33. The predicted octanol–water partition coefficient (Wildman–Crippen LogP) is 13.1. The molecule has 2 aliphatic rings. The lowest BCUT2D eigenvalue weighted by atomic mass is 9.91. The Hall–Kier alpha value is -4.77. The third-order valence-electron chi connectivity index (χ3n) is 14.6. The molecule has 6 atom stereocenters. The number of phenolic OH excluding ortho intramolecular Hbond substituents is 1. The molecule has 0 radical (unpaired) electrons. The van der Waals surface area contributed by atoms with Crippen LogP contribution in [-0.4, -0.2) is 88.4 Å². The van der Waals surface area contributed by atoms with Gasteiger partial charge in [-0.2, -0.15) is 0 Å². The first-order valence-corrected chi connectivity index (χ1v) is 31.8. The van der Waals surface area contributed by atoms with E-state index in [9.17, 15) is 29.4 Å². The molecule has 0 amide bonds. The van der Waals surface area contributed by atoms with Gasteiger partial charge in [-0.15, -0.1) is 0 Å². The number of aliphatic hydroxyl groups excluding tert-OH is 1. The molecule has 14 heteroatoms. The van der Waals surface area contributed by atoms with E-state index >= 15 is 0 Å². The highest BCUT2D eigenvalue weighted by molar-refractivity contribution is 6.75. The zero-order valence-electron chi connectivity index (χ0n) is 45.7. The van der Waals surface area contributed by atoms with E-state index < -0.39 is 52.9 Å². The Kier molecular flexibility index (Phi) is 24.5. The molecule has 0 fully saturated rings. The fourth-order valence-electron chi connectivity index (χ4n) is 8.03. The van der Waals surface area contributed by atoms with E-state index in [1.54, 1.807) is 18.2 Å². The normalized spacial score (nSPS) is 22.1. The quantitative estimate of drug-likeness (QED) is 0.0606. The number of aromatic hydroxyl groups is 1. The second-order valence-corrected chi connectivity index (χ2v) is 32.0. The van der Waals surface area contributed by atoms with Crippen molar-refractivity contribution in [2.75, 3.05) is 13.2 Å². The van der Waals surface area contributed by atoms with Crippen LogP contribution in [0.5, 0.6) is 11.5 Å². The van der Waals surface area contributed by atoms with Gasteiger partial charge in [0.1, 0.15) is 48.0 Å². The lowest BCUT2D eigenvalue weighted by molar-refractivity contribution is -0.137. The molecule has 2 N–H and O–H groups in total. The Morgan fingerprint density at radius 1 is 0.694 bits per heavy atom. The van der Waals surface area contributed by atoms with Crippen molar-refractivity contribution in [3.63, 3.8) is 0 Å². The van der Waals surface area contributed by atoms with E-state index in [4.69, 9.17) is 27.8 Å². The zero-order valence-corrected chi connectivity index (χ0v) is 47.7. The van der Waals surface area contributed by atoms with Crippen LogP contribution in [0.4, 0.5) is 0 Å². The highest BCUT2D eigenvalue weighted by Crippen LogP contribution is 2.41. The molecule has 2 aromatic carbocycles. The fourth-order valence-corrected chi connectivity index (χ4v) is 10.5. The number of carbonyl (C=O) groups excluding carboxylic acids is 4. The first-order valence-electron chi connectivity index (χ1n) is 26.0. The summed E-state index contributed by atoms with van der Waals surface area (Å²) in [5, 5.41) is 20.8. The van der Waals surface area contributed by atoms with Gasteiger partial charge in [-0.1, -0.05) is 130 Å². The van der Waals surface area contributed by atoms with Crippen LogP contribution in [0.2, 0.25) is 36.3 Å². The Labute approximate surface area is 433 Å². The maximum absolute atomic E-state index is 14.1. The molecular weight excluding hydrogens is 945 g/mol. The summed E-state index contributed by atoms with van der Waals surface area (Å²) in [6.45, 7) is 33.8. The fraction of sp³-hybridized carbons (Fsp3) is 0.586. The van der Waals surface area contributed by atoms with Crippen molar-refractivity contribution in [1.82, 2.24) is 0 Å². The van der Waals surface area contributed by atoms with Crippen molar-refractivity contribution < 1.29 is 57.2 Å².